The second kappa shape index (κ2) is 8.48. The predicted molar refractivity (Wildman–Crippen MR) is 125 cm³/mol. The standard InChI is InChI=1S/C27H27N3O/c1-20-5-4-15-29(20)16-13-21-7-9-22(10-8-21)23-11-12-24-18-30(19-25(24)17-23)27(31)26-6-2-3-14-28-26/h2-3,6-12,14,17-20H,4-5,13,15-16H2,1H3/t20-/m1/s1. The average molecular weight is 410 g/mol. The highest BCUT2D eigenvalue weighted by Crippen LogP contribution is 2.26. The summed E-state index contributed by atoms with van der Waals surface area (Å²) in [5.41, 5.74) is 4.19. The molecule has 0 bridgehead atoms. The third kappa shape index (κ3) is 4.17. The number of fused-ring (bicyclic) bond motifs is 1. The minimum atomic E-state index is -0.116. The Morgan fingerprint density at radius 1 is 1.00 bits per heavy atom. The number of benzene rings is 2. The Balaban J connectivity index is 1.32. The van der Waals surface area contributed by atoms with Crippen molar-refractivity contribution in [3.8, 4) is 11.1 Å². The smallest absolute Gasteiger partial charge is 0.280 e. The zero-order valence-corrected chi connectivity index (χ0v) is 17.9. The molecule has 0 unspecified atom stereocenters. The number of likely N-dealkylation sites (tertiary alicyclic amines) is 1. The Bertz CT molecular complexity index is 1190. The first-order valence-corrected chi connectivity index (χ1v) is 11.1. The van der Waals surface area contributed by atoms with Crippen LogP contribution in [0.4, 0.5) is 0 Å². The highest BCUT2D eigenvalue weighted by Gasteiger charge is 2.19. The number of aromatic nitrogens is 2. The molecular weight excluding hydrogens is 382 g/mol. The summed E-state index contributed by atoms with van der Waals surface area (Å²) in [6, 6.07) is 21.4. The molecule has 4 aromatic rings. The molecular formula is C27H27N3O. The van der Waals surface area contributed by atoms with Gasteiger partial charge in [-0.3, -0.25) is 14.3 Å². The summed E-state index contributed by atoms with van der Waals surface area (Å²) in [5.74, 6) is -0.116. The third-order valence-electron chi connectivity index (χ3n) is 6.43. The van der Waals surface area contributed by atoms with Gasteiger partial charge in [-0.05, 0) is 73.0 Å². The lowest BCUT2D eigenvalue weighted by atomic mass is 10.0. The number of carbonyl (C=O) groups excluding carboxylic acids is 1. The van der Waals surface area contributed by atoms with Gasteiger partial charge in [0.05, 0.1) is 0 Å². The minimum absolute atomic E-state index is 0.116. The van der Waals surface area contributed by atoms with Crippen molar-refractivity contribution in [2.75, 3.05) is 13.1 Å². The molecule has 2 aromatic carbocycles. The van der Waals surface area contributed by atoms with Crippen molar-refractivity contribution in [1.29, 1.82) is 0 Å². The first kappa shape index (κ1) is 19.7. The Morgan fingerprint density at radius 3 is 2.55 bits per heavy atom. The van der Waals surface area contributed by atoms with E-state index >= 15 is 0 Å². The molecule has 31 heavy (non-hydrogen) atoms. The molecule has 0 amide bonds. The van der Waals surface area contributed by atoms with Gasteiger partial charge in [-0.2, -0.15) is 0 Å². The maximum atomic E-state index is 12.7. The van der Waals surface area contributed by atoms with Crippen LogP contribution < -0.4 is 0 Å². The van der Waals surface area contributed by atoms with E-state index in [1.54, 1.807) is 16.8 Å². The molecule has 0 N–H and O–H groups in total. The normalized spacial score (nSPS) is 16.7. The molecule has 0 aliphatic carbocycles. The lowest BCUT2D eigenvalue weighted by Crippen LogP contribution is -2.28. The van der Waals surface area contributed by atoms with Gasteiger partial charge in [0.15, 0.2) is 0 Å². The Labute approximate surface area is 183 Å². The first-order valence-electron chi connectivity index (χ1n) is 11.1. The Hall–Kier alpha value is -3.24. The van der Waals surface area contributed by atoms with Crippen molar-refractivity contribution in [2.24, 2.45) is 0 Å². The number of nitrogens with zero attached hydrogens (tertiary/aromatic N) is 3. The molecule has 3 heterocycles. The van der Waals surface area contributed by atoms with E-state index < -0.39 is 0 Å². The van der Waals surface area contributed by atoms with Crippen molar-refractivity contribution in [3.63, 3.8) is 0 Å². The molecule has 1 fully saturated rings. The fourth-order valence-corrected chi connectivity index (χ4v) is 4.52. The quantitative estimate of drug-likeness (QED) is 0.442. The van der Waals surface area contributed by atoms with Gasteiger partial charge in [0.2, 0.25) is 0 Å². The van der Waals surface area contributed by atoms with E-state index in [9.17, 15) is 4.79 Å². The molecule has 0 radical (unpaired) electrons. The van der Waals surface area contributed by atoms with E-state index in [2.05, 4.69) is 59.3 Å². The molecule has 1 aliphatic rings. The van der Waals surface area contributed by atoms with Crippen molar-refractivity contribution in [1.82, 2.24) is 14.5 Å². The summed E-state index contributed by atoms with van der Waals surface area (Å²) < 4.78 is 1.62. The van der Waals surface area contributed by atoms with Crippen molar-refractivity contribution < 1.29 is 4.79 Å². The first-order chi connectivity index (χ1) is 15.2. The average Bonchev–Trinajstić information content (AvgIpc) is 3.43. The maximum Gasteiger partial charge on any atom is 0.280 e. The Morgan fingerprint density at radius 2 is 1.81 bits per heavy atom. The van der Waals surface area contributed by atoms with Crippen LogP contribution >= 0.6 is 0 Å². The van der Waals surface area contributed by atoms with E-state index in [1.165, 1.54) is 30.5 Å². The van der Waals surface area contributed by atoms with Crippen molar-refractivity contribution >= 4 is 16.7 Å². The SMILES string of the molecule is C[C@@H]1CCCN1CCc1ccc(-c2ccc3cn(C(=O)c4ccccn4)cc3c2)cc1. The second-order valence-electron chi connectivity index (χ2n) is 8.50. The van der Waals surface area contributed by atoms with Gasteiger partial charge < -0.3 is 4.90 Å². The van der Waals surface area contributed by atoms with Crippen LogP contribution in [0.3, 0.4) is 0 Å². The predicted octanol–water partition coefficient (Wildman–Crippen LogP) is 5.42. The van der Waals surface area contributed by atoms with Crippen LogP contribution in [0, 0.1) is 0 Å². The zero-order valence-electron chi connectivity index (χ0n) is 17.9. The van der Waals surface area contributed by atoms with Gasteiger partial charge in [-0.1, -0.05) is 42.5 Å². The molecule has 1 atom stereocenters. The molecule has 5 rings (SSSR count). The molecule has 2 aromatic heterocycles. The van der Waals surface area contributed by atoms with Gasteiger partial charge >= 0.3 is 0 Å². The van der Waals surface area contributed by atoms with Crippen molar-refractivity contribution in [2.45, 2.75) is 32.2 Å². The summed E-state index contributed by atoms with van der Waals surface area (Å²) in [5, 5.41) is 2.10. The summed E-state index contributed by atoms with van der Waals surface area (Å²) in [6.07, 6.45) is 9.17. The fraction of sp³-hybridized carbons (Fsp3) is 0.259. The minimum Gasteiger partial charge on any atom is -0.300 e. The second-order valence-corrected chi connectivity index (χ2v) is 8.50. The fourth-order valence-electron chi connectivity index (χ4n) is 4.52. The monoisotopic (exact) mass is 409 g/mol. The molecule has 4 nitrogen and oxygen atoms in total. The summed E-state index contributed by atoms with van der Waals surface area (Å²) >= 11 is 0. The van der Waals surface area contributed by atoms with Crippen LogP contribution in [0.1, 0.15) is 35.8 Å². The van der Waals surface area contributed by atoms with Gasteiger partial charge in [0.1, 0.15) is 5.69 Å². The summed E-state index contributed by atoms with van der Waals surface area (Å²) in [7, 11) is 0. The van der Waals surface area contributed by atoms with E-state index in [-0.39, 0.29) is 5.91 Å². The van der Waals surface area contributed by atoms with Crippen LogP contribution in [-0.4, -0.2) is 39.5 Å². The summed E-state index contributed by atoms with van der Waals surface area (Å²) in [4.78, 5) is 19.4. The highest BCUT2D eigenvalue weighted by atomic mass is 16.2. The van der Waals surface area contributed by atoms with E-state index in [4.69, 9.17) is 0 Å². The molecule has 0 spiro atoms. The molecule has 4 heteroatoms. The van der Waals surface area contributed by atoms with Gasteiger partial charge in [-0.25, -0.2) is 0 Å². The van der Waals surface area contributed by atoms with Crippen LogP contribution in [-0.2, 0) is 6.42 Å². The number of hydrogen-bond acceptors (Lipinski definition) is 3. The largest absolute Gasteiger partial charge is 0.300 e. The van der Waals surface area contributed by atoms with Gasteiger partial charge in [-0.15, -0.1) is 0 Å². The number of pyridine rings is 1. The van der Waals surface area contributed by atoms with Crippen LogP contribution in [0.5, 0.6) is 0 Å². The number of carbonyl (C=O) groups is 1. The Kier molecular flexibility index (Phi) is 5.39. The van der Waals surface area contributed by atoms with E-state index in [0.717, 1.165) is 35.3 Å². The maximum absolute atomic E-state index is 12.7. The molecule has 156 valence electrons. The molecule has 0 saturated carbocycles. The van der Waals surface area contributed by atoms with Crippen LogP contribution in [0.15, 0.2) is 79.3 Å². The lowest BCUT2D eigenvalue weighted by molar-refractivity contribution is 0.0955. The third-order valence-corrected chi connectivity index (χ3v) is 6.43. The van der Waals surface area contributed by atoms with E-state index in [1.807, 2.05) is 24.5 Å². The highest BCUT2D eigenvalue weighted by molar-refractivity contribution is 5.98. The molecule has 1 saturated heterocycles. The van der Waals surface area contributed by atoms with Gasteiger partial charge in [0.25, 0.3) is 5.91 Å². The number of hydrogen-bond donors (Lipinski definition) is 0. The van der Waals surface area contributed by atoms with Gasteiger partial charge in [0, 0.05) is 36.6 Å². The number of rotatable bonds is 5. The summed E-state index contributed by atoms with van der Waals surface area (Å²) in [6.45, 7) is 4.72. The topological polar surface area (TPSA) is 38.1 Å². The van der Waals surface area contributed by atoms with Crippen LogP contribution in [0.2, 0.25) is 0 Å². The van der Waals surface area contributed by atoms with Crippen molar-refractivity contribution in [3.05, 3.63) is 90.5 Å². The van der Waals surface area contributed by atoms with E-state index in [0.29, 0.717) is 5.69 Å². The zero-order chi connectivity index (χ0) is 21.2. The van der Waals surface area contributed by atoms with Crippen LogP contribution in [0.25, 0.3) is 21.9 Å². The lowest BCUT2D eigenvalue weighted by Gasteiger charge is -2.20. The molecule has 1 aliphatic heterocycles.